The summed E-state index contributed by atoms with van der Waals surface area (Å²) < 4.78 is 14.3. The zero-order valence-corrected chi connectivity index (χ0v) is 12.0. The van der Waals surface area contributed by atoms with Gasteiger partial charge in [0, 0.05) is 18.6 Å². The maximum atomic E-state index is 14.3. The molecule has 1 unspecified atom stereocenters. The van der Waals surface area contributed by atoms with Crippen LogP contribution in [-0.4, -0.2) is 12.6 Å². The lowest BCUT2D eigenvalue weighted by molar-refractivity contribution is 0.427. The Morgan fingerprint density at radius 1 is 1.42 bits per heavy atom. The van der Waals surface area contributed by atoms with Gasteiger partial charge in [-0.15, -0.1) is 0 Å². The van der Waals surface area contributed by atoms with E-state index in [-0.39, 0.29) is 11.9 Å². The summed E-state index contributed by atoms with van der Waals surface area (Å²) in [5.74, 6) is -0.127. The van der Waals surface area contributed by atoms with Gasteiger partial charge >= 0.3 is 0 Å². The van der Waals surface area contributed by atoms with E-state index in [9.17, 15) is 4.39 Å². The minimum absolute atomic E-state index is 0.127. The topological polar surface area (TPSA) is 29.3 Å². The molecule has 1 fully saturated rings. The zero-order valence-electron chi connectivity index (χ0n) is 12.0. The Labute approximate surface area is 115 Å². The van der Waals surface area contributed by atoms with E-state index in [1.54, 1.807) is 12.1 Å². The molecule has 2 nitrogen and oxygen atoms in total. The molecule has 1 aliphatic rings. The van der Waals surface area contributed by atoms with Gasteiger partial charge < -0.3 is 10.6 Å². The Hall–Kier alpha value is -1.09. The molecule has 1 aromatic rings. The Bertz CT molecular complexity index is 415. The normalized spacial score (nSPS) is 21.5. The largest absolute Gasteiger partial charge is 0.366 e. The molecular weight excluding hydrogens is 239 g/mol. The summed E-state index contributed by atoms with van der Waals surface area (Å²) in [6.45, 7) is 5.07. The predicted octanol–water partition coefficient (Wildman–Crippen LogP) is 4.00. The summed E-state index contributed by atoms with van der Waals surface area (Å²) in [6.07, 6.45) is 5.84. The number of hydrogen-bond acceptors (Lipinski definition) is 2. The van der Waals surface area contributed by atoms with Crippen LogP contribution in [0.4, 0.5) is 10.1 Å². The van der Waals surface area contributed by atoms with Crippen molar-refractivity contribution in [2.75, 3.05) is 11.4 Å². The van der Waals surface area contributed by atoms with Gasteiger partial charge in [-0.25, -0.2) is 4.39 Å². The summed E-state index contributed by atoms with van der Waals surface area (Å²) in [5.41, 5.74) is 7.70. The highest BCUT2D eigenvalue weighted by Gasteiger charge is 2.26. The van der Waals surface area contributed by atoms with Crippen LogP contribution in [0.1, 0.15) is 57.6 Å². The van der Waals surface area contributed by atoms with E-state index < -0.39 is 0 Å². The lowest BCUT2D eigenvalue weighted by atomic mass is 9.95. The third-order valence-electron chi connectivity index (χ3n) is 4.04. The van der Waals surface area contributed by atoms with Crippen molar-refractivity contribution < 1.29 is 4.39 Å². The molecule has 0 saturated carbocycles. The number of nitrogens with two attached hydrogens (primary N) is 1. The summed E-state index contributed by atoms with van der Waals surface area (Å²) in [7, 11) is 0. The maximum Gasteiger partial charge on any atom is 0.146 e. The van der Waals surface area contributed by atoms with Gasteiger partial charge in [0.05, 0.1) is 5.69 Å². The lowest BCUT2D eigenvalue weighted by Gasteiger charge is -2.39. The lowest BCUT2D eigenvalue weighted by Crippen LogP contribution is -2.41. The average molecular weight is 264 g/mol. The van der Waals surface area contributed by atoms with Crippen molar-refractivity contribution in [3.63, 3.8) is 0 Å². The molecule has 2 rings (SSSR count). The van der Waals surface area contributed by atoms with Crippen LogP contribution in [0.2, 0.25) is 0 Å². The number of piperidine rings is 1. The molecule has 2 atom stereocenters. The van der Waals surface area contributed by atoms with Crippen LogP contribution < -0.4 is 10.6 Å². The fraction of sp³-hybridized carbons (Fsp3) is 0.625. The number of anilines is 1. The number of nitrogens with zero attached hydrogens (tertiary/aromatic N) is 1. The monoisotopic (exact) mass is 264 g/mol. The van der Waals surface area contributed by atoms with Crippen LogP contribution in [0.15, 0.2) is 18.2 Å². The van der Waals surface area contributed by atoms with Crippen molar-refractivity contribution in [2.45, 2.75) is 58.0 Å². The van der Waals surface area contributed by atoms with Gasteiger partial charge in [0.15, 0.2) is 0 Å². The Balaban J connectivity index is 2.37. The average Bonchev–Trinajstić information content (AvgIpc) is 2.40. The fourth-order valence-electron chi connectivity index (χ4n) is 3.13. The SMILES string of the molecule is CCCC1CCCCN1c1c(F)cccc1[C@H](C)N. The van der Waals surface area contributed by atoms with Gasteiger partial charge in [-0.05, 0) is 44.2 Å². The molecule has 3 heteroatoms. The molecule has 1 heterocycles. The van der Waals surface area contributed by atoms with Gasteiger partial charge in [-0.2, -0.15) is 0 Å². The van der Waals surface area contributed by atoms with E-state index in [0.717, 1.165) is 37.1 Å². The van der Waals surface area contributed by atoms with E-state index >= 15 is 0 Å². The van der Waals surface area contributed by atoms with Gasteiger partial charge in [-0.1, -0.05) is 25.5 Å². The summed E-state index contributed by atoms with van der Waals surface area (Å²) in [5, 5.41) is 0. The molecule has 0 bridgehead atoms. The molecule has 19 heavy (non-hydrogen) atoms. The number of rotatable bonds is 4. The highest BCUT2D eigenvalue weighted by Crippen LogP contribution is 2.34. The highest BCUT2D eigenvalue weighted by molar-refractivity contribution is 5.57. The number of halogens is 1. The van der Waals surface area contributed by atoms with E-state index in [1.165, 1.54) is 12.8 Å². The number of hydrogen-bond donors (Lipinski definition) is 1. The van der Waals surface area contributed by atoms with Crippen molar-refractivity contribution in [1.29, 1.82) is 0 Å². The fourth-order valence-corrected chi connectivity index (χ4v) is 3.13. The first-order valence-electron chi connectivity index (χ1n) is 7.45. The standard InChI is InChI=1S/C16H25FN2/c1-3-7-13-8-4-5-11-19(13)16-14(12(2)18)9-6-10-15(16)17/h6,9-10,12-13H,3-5,7-8,11,18H2,1-2H3/t12-,13?/m0/s1. The van der Waals surface area contributed by atoms with Crippen LogP contribution in [0.25, 0.3) is 0 Å². The first-order chi connectivity index (χ1) is 9.15. The molecule has 2 N–H and O–H groups in total. The van der Waals surface area contributed by atoms with Crippen molar-refractivity contribution in [1.82, 2.24) is 0 Å². The molecule has 1 aliphatic heterocycles. The second kappa shape index (κ2) is 6.38. The third-order valence-corrected chi connectivity index (χ3v) is 4.04. The van der Waals surface area contributed by atoms with Gasteiger partial charge in [0.1, 0.15) is 5.82 Å². The molecule has 0 aliphatic carbocycles. The van der Waals surface area contributed by atoms with Crippen LogP contribution in [0, 0.1) is 5.82 Å². The molecule has 0 spiro atoms. The minimum Gasteiger partial charge on any atom is -0.366 e. The highest BCUT2D eigenvalue weighted by atomic mass is 19.1. The van der Waals surface area contributed by atoms with Crippen LogP contribution >= 0.6 is 0 Å². The van der Waals surface area contributed by atoms with E-state index in [2.05, 4.69) is 11.8 Å². The molecule has 0 amide bonds. The summed E-state index contributed by atoms with van der Waals surface area (Å²) in [6, 6.07) is 5.61. The first kappa shape index (κ1) is 14.3. The van der Waals surface area contributed by atoms with Crippen molar-refractivity contribution in [3.05, 3.63) is 29.6 Å². The van der Waals surface area contributed by atoms with E-state index in [1.807, 2.05) is 13.0 Å². The Morgan fingerprint density at radius 3 is 2.89 bits per heavy atom. The molecule has 0 radical (unpaired) electrons. The van der Waals surface area contributed by atoms with Gasteiger partial charge in [0.25, 0.3) is 0 Å². The molecule has 106 valence electrons. The Morgan fingerprint density at radius 2 is 2.21 bits per heavy atom. The maximum absolute atomic E-state index is 14.3. The molecule has 0 aromatic heterocycles. The number of para-hydroxylation sites is 1. The Kier molecular flexibility index (Phi) is 4.81. The molecule has 1 aromatic carbocycles. The quantitative estimate of drug-likeness (QED) is 0.890. The van der Waals surface area contributed by atoms with E-state index in [4.69, 9.17) is 5.73 Å². The zero-order chi connectivity index (χ0) is 13.8. The second-order valence-electron chi connectivity index (χ2n) is 5.60. The van der Waals surface area contributed by atoms with Gasteiger partial charge in [-0.3, -0.25) is 0 Å². The summed E-state index contributed by atoms with van der Waals surface area (Å²) in [4.78, 5) is 2.26. The van der Waals surface area contributed by atoms with Gasteiger partial charge in [0.2, 0.25) is 0 Å². The molecular formula is C16H25FN2. The van der Waals surface area contributed by atoms with Crippen LogP contribution in [0.5, 0.6) is 0 Å². The minimum atomic E-state index is -0.130. The van der Waals surface area contributed by atoms with E-state index in [0.29, 0.717) is 6.04 Å². The predicted molar refractivity (Wildman–Crippen MR) is 78.9 cm³/mol. The van der Waals surface area contributed by atoms with Crippen LogP contribution in [-0.2, 0) is 0 Å². The van der Waals surface area contributed by atoms with Crippen molar-refractivity contribution in [3.8, 4) is 0 Å². The van der Waals surface area contributed by atoms with Crippen molar-refractivity contribution in [2.24, 2.45) is 5.73 Å². The molecule has 1 saturated heterocycles. The third kappa shape index (κ3) is 3.08. The smallest absolute Gasteiger partial charge is 0.146 e. The second-order valence-corrected chi connectivity index (χ2v) is 5.60. The summed E-state index contributed by atoms with van der Waals surface area (Å²) >= 11 is 0. The number of benzene rings is 1. The van der Waals surface area contributed by atoms with Crippen LogP contribution in [0.3, 0.4) is 0 Å². The van der Waals surface area contributed by atoms with Crippen molar-refractivity contribution >= 4 is 5.69 Å². The first-order valence-corrected chi connectivity index (χ1v) is 7.45.